The molecule has 2 aliphatic rings. The van der Waals surface area contributed by atoms with Gasteiger partial charge in [0.2, 0.25) is 0 Å². The van der Waals surface area contributed by atoms with E-state index in [1.54, 1.807) is 39.0 Å². The number of dihydropyridines is 1. The summed E-state index contributed by atoms with van der Waals surface area (Å²) in [7, 11) is 1.27. The zero-order valence-corrected chi connectivity index (χ0v) is 18.5. The number of hydrogen-bond donors (Lipinski definition) is 1. The fourth-order valence-electron chi connectivity index (χ4n) is 4.25. The van der Waals surface area contributed by atoms with Gasteiger partial charge in [0.15, 0.2) is 5.78 Å². The Balaban J connectivity index is 2.19. The number of ether oxygens (including phenoxy) is 2. The number of halogens is 1. The van der Waals surface area contributed by atoms with E-state index in [0.717, 1.165) is 5.70 Å². The van der Waals surface area contributed by atoms with Crippen molar-refractivity contribution in [1.29, 1.82) is 0 Å². The van der Waals surface area contributed by atoms with Crippen LogP contribution in [0.3, 0.4) is 0 Å². The van der Waals surface area contributed by atoms with Gasteiger partial charge in [0.1, 0.15) is 5.92 Å². The molecule has 3 atom stereocenters. The van der Waals surface area contributed by atoms with Crippen LogP contribution in [-0.2, 0) is 23.9 Å². The van der Waals surface area contributed by atoms with Gasteiger partial charge >= 0.3 is 11.9 Å². The van der Waals surface area contributed by atoms with Gasteiger partial charge in [-0.2, -0.15) is 0 Å². The molecule has 30 heavy (non-hydrogen) atoms. The highest BCUT2D eigenvalue weighted by Crippen LogP contribution is 2.45. The van der Waals surface area contributed by atoms with Crippen LogP contribution in [0.2, 0.25) is 5.02 Å². The molecule has 6 nitrogen and oxygen atoms in total. The molecule has 1 heterocycles. The molecule has 3 unspecified atom stereocenters. The minimum absolute atomic E-state index is 0.229. The number of hydrogen-bond acceptors (Lipinski definition) is 6. The predicted molar refractivity (Wildman–Crippen MR) is 113 cm³/mol. The van der Waals surface area contributed by atoms with E-state index in [2.05, 4.69) is 5.32 Å². The molecule has 0 saturated heterocycles. The standard InChI is InChI=1S/C23H26ClNO5/c1-11(2)30-23(28)18-13(4)25-16-9-12(3)17(22(27)29-5)21(26)20(16)19(18)14-7-6-8-15(24)10-14/h6-8,10-12,17,19,25H,9H2,1-5H3. The van der Waals surface area contributed by atoms with Crippen LogP contribution >= 0.6 is 11.6 Å². The van der Waals surface area contributed by atoms with Gasteiger partial charge in [0.25, 0.3) is 0 Å². The van der Waals surface area contributed by atoms with Gasteiger partial charge in [-0.05, 0) is 50.8 Å². The molecule has 0 spiro atoms. The first kappa shape index (κ1) is 22.1. The van der Waals surface area contributed by atoms with Gasteiger partial charge in [0, 0.05) is 27.9 Å². The second kappa shape index (κ2) is 8.64. The SMILES string of the molecule is COC(=O)C1C(=O)C2=C(CC1C)NC(C)=C(C(=O)OC(C)C)C2c1cccc(Cl)c1. The van der Waals surface area contributed by atoms with Crippen LogP contribution in [0, 0.1) is 11.8 Å². The van der Waals surface area contributed by atoms with E-state index in [9.17, 15) is 14.4 Å². The maximum absolute atomic E-state index is 13.5. The summed E-state index contributed by atoms with van der Waals surface area (Å²) in [6, 6.07) is 7.05. The molecular formula is C23H26ClNO5. The van der Waals surface area contributed by atoms with Crippen molar-refractivity contribution in [3.63, 3.8) is 0 Å². The third-order valence-corrected chi connectivity index (χ3v) is 5.72. The van der Waals surface area contributed by atoms with Crippen molar-refractivity contribution in [3.05, 3.63) is 57.4 Å². The molecule has 0 aromatic heterocycles. The van der Waals surface area contributed by atoms with E-state index in [1.165, 1.54) is 7.11 Å². The van der Waals surface area contributed by atoms with Crippen LogP contribution < -0.4 is 5.32 Å². The number of carbonyl (C=O) groups is 3. The summed E-state index contributed by atoms with van der Waals surface area (Å²) in [5.41, 5.74) is 2.78. The topological polar surface area (TPSA) is 81.7 Å². The van der Waals surface area contributed by atoms with Crippen LogP contribution in [0.5, 0.6) is 0 Å². The Bertz CT molecular complexity index is 962. The lowest BCUT2D eigenvalue weighted by Crippen LogP contribution is -2.43. The molecule has 160 valence electrons. The summed E-state index contributed by atoms with van der Waals surface area (Å²) in [4.78, 5) is 38.9. The van der Waals surface area contributed by atoms with Crippen molar-refractivity contribution in [2.75, 3.05) is 7.11 Å². The molecule has 7 heteroatoms. The van der Waals surface area contributed by atoms with E-state index in [1.807, 2.05) is 13.0 Å². The molecule has 0 bridgehead atoms. The number of nitrogens with one attached hydrogen (secondary N) is 1. The lowest BCUT2D eigenvalue weighted by molar-refractivity contribution is -0.151. The van der Waals surface area contributed by atoms with E-state index < -0.39 is 23.8 Å². The normalized spacial score (nSPS) is 23.8. The highest BCUT2D eigenvalue weighted by molar-refractivity contribution is 6.30. The summed E-state index contributed by atoms with van der Waals surface area (Å²) < 4.78 is 10.4. The lowest BCUT2D eigenvalue weighted by atomic mass is 9.69. The Morgan fingerprint density at radius 3 is 2.57 bits per heavy atom. The Kier molecular flexibility index (Phi) is 6.36. The third-order valence-electron chi connectivity index (χ3n) is 5.49. The maximum atomic E-state index is 13.5. The highest BCUT2D eigenvalue weighted by atomic mass is 35.5. The second-order valence-electron chi connectivity index (χ2n) is 8.04. The summed E-state index contributed by atoms with van der Waals surface area (Å²) in [6.45, 7) is 7.18. The van der Waals surface area contributed by atoms with Crippen LogP contribution in [0.25, 0.3) is 0 Å². The number of esters is 2. The lowest BCUT2D eigenvalue weighted by Gasteiger charge is -2.38. The van der Waals surface area contributed by atoms with Gasteiger partial charge in [-0.1, -0.05) is 30.7 Å². The minimum Gasteiger partial charge on any atom is -0.468 e. The second-order valence-corrected chi connectivity index (χ2v) is 8.48. The van der Waals surface area contributed by atoms with Gasteiger partial charge in [-0.25, -0.2) is 4.79 Å². The molecule has 1 N–H and O–H groups in total. The average Bonchev–Trinajstić information content (AvgIpc) is 2.65. The van der Waals surface area contributed by atoms with E-state index in [4.69, 9.17) is 21.1 Å². The largest absolute Gasteiger partial charge is 0.468 e. The van der Waals surface area contributed by atoms with Crippen molar-refractivity contribution in [3.8, 4) is 0 Å². The molecule has 3 rings (SSSR count). The number of Topliss-reactive ketones (excluding diaryl/α,β-unsaturated/α-hetero) is 1. The number of rotatable bonds is 4. The van der Waals surface area contributed by atoms with Crippen molar-refractivity contribution < 1.29 is 23.9 Å². The minimum atomic E-state index is -0.919. The van der Waals surface area contributed by atoms with Crippen LogP contribution in [0.4, 0.5) is 0 Å². The number of carbonyl (C=O) groups excluding carboxylic acids is 3. The zero-order chi connectivity index (χ0) is 22.2. The summed E-state index contributed by atoms with van der Waals surface area (Å²) in [6.07, 6.45) is 0.167. The van der Waals surface area contributed by atoms with Gasteiger partial charge < -0.3 is 14.8 Å². The molecule has 0 saturated carbocycles. The number of ketones is 1. The van der Waals surface area contributed by atoms with Crippen molar-refractivity contribution in [2.45, 2.75) is 46.1 Å². The van der Waals surface area contributed by atoms with Crippen LogP contribution in [-0.4, -0.2) is 30.9 Å². The Hall–Kier alpha value is -2.60. The third kappa shape index (κ3) is 4.01. The van der Waals surface area contributed by atoms with E-state index >= 15 is 0 Å². The van der Waals surface area contributed by atoms with Crippen molar-refractivity contribution in [1.82, 2.24) is 5.32 Å². The Morgan fingerprint density at radius 1 is 1.27 bits per heavy atom. The molecule has 0 amide bonds. The zero-order valence-electron chi connectivity index (χ0n) is 17.7. The summed E-state index contributed by atoms with van der Waals surface area (Å²) >= 11 is 6.23. The maximum Gasteiger partial charge on any atom is 0.337 e. The monoisotopic (exact) mass is 431 g/mol. The van der Waals surface area contributed by atoms with Gasteiger partial charge in [0.05, 0.1) is 18.8 Å². The van der Waals surface area contributed by atoms with E-state index in [-0.39, 0.29) is 17.8 Å². The first-order valence-electron chi connectivity index (χ1n) is 9.95. The van der Waals surface area contributed by atoms with Crippen LogP contribution in [0.1, 0.15) is 45.6 Å². The smallest absolute Gasteiger partial charge is 0.337 e. The molecule has 0 fully saturated rings. The molecule has 1 aromatic carbocycles. The molecule has 1 aliphatic heterocycles. The number of benzene rings is 1. The fourth-order valence-corrected chi connectivity index (χ4v) is 4.45. The van der Waals surface area contributed by atoms with Crippen LogP contribution in [0.15, 0.2) is 46.8 Å². The van der Waals surface area contributed by atoms with Gasteiger partial charge in [-0.3, -0.25) is 9.59 Å². The molecule has 1 aliphatic carbocycles. The molecule has 1 aromatic rings. The van der Waals surface area contributed by atoms with E-state index in [0.29, 0.717) is 33.9 Å². The van der Waals surface area contributed by atoms with Crippen molar-refractivity contribution in [2.24, 2.45) is 11.8 Å². The highest BCUT2D eigenvalue weighted by Gasteiger charge is 2.47. The van der Waals surface area contributed by atoms with Crippen molar-refractivity contribution >= 4 is 29.3 Å². The predicted octanol–water partition coefficient (Wildman–Crippen LogP) is 3.90. The number of methoxy groups -OCH3 is 1. The first-order valence-corrected chi connectivity index (χ1v) is 10.3. The quantitative estimate of drug-likeness (QED) is 0.575. The van der Waals surface area contributed by atoms with Gasteiger partial charge in [-0.15, -0.1) is 0 Å². The fraction of sp³-hybridized carbons (Fsp3) is 0.435. The molecule has 0 radical (unpaired) electrons. The Morgan fingerprint density at radius 2 is 1.97 bits per heavy atom. The number of allylic oxidation sites excluding steroid dienone is 3. The molecular weight excluding hydrogens is 406 g/mol. The Labute approximate surface area is 181 Å². The summed E-state index contributed by atoms with van der Waals surface area (Å²) in [5, 5.41) is 3.72. The summed E-state index contributed by atoms with van der Waals surface area (Å²) in [5.74, 6) is -3.24. The average molecular weight is 432 g/mol. The first-order chi connectivity index (χ1) is 14.1.